The summed E-state index contributed by atoms with van der Waals surface area (Å²) in [5, 5.41) is 10.7. The molecule has 600 valence electrons. The maximum absolute atomic E-state index is 13.1. The third-order valence-corrected chi connectivity index (χ3v) is 21.5. The summed E-state index contributed by atoms with van der Waals surface area (Å²) < 4.78 is 68.8. The Labute approximate surface area is 619 Å². The number of aliphatic hydroxyl groups is 1. The predicted octanol–water partition coefficient (Wildman–Crippen LogP) is 24.7. The number of ether oxygens (including phenoxy) is 4. The normalized spacial score (nSPS) is 14.2. The maximum atomic E-state index is 13.1. The Morgan fingerprint density at radius 3 is 0.752 bits per heavy atom. The van der Waals surface area contributed by atoms with E-state index in [1.807, 2.05) is 0 Å². The Balaban J connectivity index is 5.27. The number of esters is 4. The fourth-order valence-corrected chi connectivity index (χ4v) is 14.3. The van der Waals surface area contributed by atoms with Gasteiger partial charge in [-0.15, -0.1) is 0 Å². The van der Waals surface area contributed by atoms with Crippen molar-refractivity contribution >= 4 is 39.5 Å². The van der Waals surface area contributed by atoms with Gasteiger partial charge >= 0.3 is 39.5 Å². The number of aliphatic hydroxyl groups excluding tert-OH is 1. The second kappa shape index (κ2) is 73.6. The van der Waals surface area contributed by atoms with Gasteiger partial charge in [0.2, 0.25) is 0 Å². The highest BCUT2D eigenvalue weighted by molar-refractivity contribution is 7.47. The molecule has 0 aromatic heterocycles. The summed E-state index contributed by atoms with van der Waals surface area (Å²) in [7, 11) is -9.92. The molecule has 3 N–H and O–H groups in total. The molecule has 0 spiro atoms. The maximum Gasteiger partial charge on any atom is 0.472 e. The molecule has 0 aromatic rings. The molecule has 0 radical (unpaired) electrons. The van der Waals surface area contributed by atoms with Crippen molar-refractivity contribution in [3.05, 3.63) is 0 Å². The lowest BCUT2D eigenvalue weighted by Crippen LogP contribution is -2.30. The van der Waals surface area contributed by atoms with E-state index in [1.54, 1.807) is 0 Å². The highest BCUT2D eigenvalue weighted by Gasteiger charge is 2.30. The summed E-state index contributed by atoms with van der Waals surface area (Å²) in [5.41, 5.74) is 0. The van der Waals surface area contributed by atoms with Gasteiger partial charge in [-0.1, -0.05) is 382 Å². The number of carbonyl (C=O) groups is 4. The number of rotatable bonds is 81. The zero-order valence-electron chi connectivity index (χ0n) is 66.2. The minimum absolute atomic E-state index is 0.108. The van der Waals surface area contributed by atoms with Gasteiger partial charge < -0.3 is 33.8 Å². The lowest BCUT2D eigenvalue weighted by molar-refractivity contribution is -0.161. The molecule has 0 amide bonds. The van der Waals surface area contributed by atoms with E-state index in [1.165, 1.54) is 250 Å². The molecule has 19 heteroatoms. The first-order valence-corrected chi connectivity index (χ1v) is 45.5. The van der Waals surface area contributed by atoms with Crippen molar-refractivity contribution in [1.29, 1.82) is 0 Å². The van der Waals surface area contributed by atoms with Gasteiger partial charge in [0, 0.05) is 25.7 Å². The van der Waals surface area contributed by atoms with Crippen molar-refractivity contribution < 1.29 is 80.2 Å². The number of carbonyl (C=O) groups excluding carboxylic acids is 4. The molecule has 101 heavy (non-hydrogen) atoms. The molecule has 0 fully saturated rings. The summed E-state index contributed by atoms with van der Waals surface area (Å²) in [6.07, 6.45) is 63.6. The Kier molecular flexibility index (Phi) is 72.2. The van der Waals surface area contributed by atoms with Crippen molar-refractivity contribution in [3.8, 4) is 0 Å². The molecule has 3 unspecified atom stereocenters. The van der Waals surface area contributed by atoms with Crippen LogP contribution in [0.2, 0.25) is 0 Å². The van der Waals surface area contributed by atoms with E-state index in [-0.39, 0.29) is 25.7 Å². The van der Waals surface area contributed by atoms with Crippen LogP contribution in [-0.4, -0.2) is 96.7 Å². The van der Waals surface area contributed by atoms with Crippen LogP contribution in [0.1, 0.15) is 433 Å². The predicted molar refractivity (Wildman–Crippen MR) is 414 cm³/mol. The summed E-state index contributed by atoms with van der Waals surface area (Å²) in [6, 6.07) is 0. The topological polar surface area (TPSA) is 237 Å². The molecule has 17 nitrogen and oxygen atoms in total. The lowest BCUT2D eigenvalue weighted by atomic mass is 9.99. The van der Waals surface area contributed by atoms with Crippen molar-refractivity contribution in [2.45, 2.75) is 452 Å². The average molecular weight is 1480 g/mol. The van der Waals surface area contributed by atoms with E-state index in [4.69, 9.17) is 37.0 Å². The van der Waals surface area contributed by atoms with Crippen LogP contribution >= 0.6 is 15.6 Å². The van der Waals surface area contributed by atoms with Crippen LogP contribution in [0.15, 0.2) is 0 Å². The quantitative estimate of drug-likeness (QED) is 0.0222. The smallest absolute Gasteiger partial charge is 0.462 e. The number of hydrogen-bond donors (Lipinski definition) is 3. The summed E-state index contributed by atoms with van der Waals surface area (Å²) in [4.78, 5) is 73.1. The summed E-state index contributed by atoms with van der Waals surface area (Å²) >= 11 is 0. The zero-order valence-corrected chi connectivity index (χ0v) is 68.0. The molecule has 0 bridgehead atoms. The van der Waals surface area contributed by atoms with E-state index in [9.17, 15) is 43.2 Å². The molecule has 0 aliphatic carbocycles. The van der Waals surface area contributed by atoms with Gasteiger partial charge in [-0.2, -0.15) is 0 Å². The van der Waals surface area contributed by atoms with Gasteiger partial charge in [0.25, 0.3) is 0 Å². The van der Waals surface area contributed by atoms with Gasteiger partial charge in [0.15, 0.2) is 12.2 Å². The van der Waals surface area contributed by atoms with Crippen LogP contribution in [0.3, 0.4) is 0 Å². The lowest BCUT2D eigenvalue weighted by Gasteiger charge is -2.21. The van der Waals surface area contributed by atoms with Gasteiger partial charge in [-0.05, 0) is 37.5 Å². The monoisotopic (exact) mass is 1480 g/mol. The Hall–Kier alpha value is -1.94. The van der Waals surface area contributed by atoms with Crippen LogP contribution < -0.4 is 0 Å². The highest BCUT2D eigenvalue weighted by Crippen LogP contribution is 2.45. The Morgan fingerprint density at radius 2 is 0.505 bits per heavy atom. The first-order valence-electron chi connectivity index (χ1n) is 42.5. The molecular formula is C82H160O17P2. The van der Waals surface area contributed by atoms with Gasteiger partial charge in [0.1, 0.15) is 19.3 Å². The number of unbranched alkanes of at least 4 members (excludes halogenated alkanes) is 50. The minimum atomic E-state index is -4.96. The van der Waals surface area contributed by atoms with E-state index >= 15 is 0 Å². The Morgan fingerprint density at radius 1 is 0.287 bits per heavy atom. The van der Waals surface area contributed by atoms with E-state index in [2.05, 4.69) is 41.5 Å². The van der Waals surface area contributed by atoms with Crippen LogP contribution in [0.25, 0.3) is 0 Å². The second-order valence-electron chi connectivity index (χ2n) is 30.2. The third kappa shape index (κ3) is 74.7. The van der Waals surface area contributed by atoms with E-state index < -0.39 is 97.5 Å². The summed E-state index contributed by atoms with van der Waals surface area (Å²) in [6.45, 7) is 9.68. The molecule has 0 aliphatic heterocycles. The number of hydrogen-bond acceptors (Lipinski definition) is 15. The zero-order chi connectivity index (χ0) is 74.2. The van der Waals surface area contributed by atoms with E-state index in [0.717, 1.165) is 102 Å². The van der Waals surface area contributed by atoms with Crippen molar-refractivity contribution in [1.82, 2.24) is 0 Å². The fourth-order valence-electron chi connectivity index (χ4n) is 12.7. The standard InChI is InChI=1S/C82H160O17P2/c1-7-10-12-14-16-18-20-22-24-28-31-35-39-46-52-58-64-79(84)92-70-77(98-81(86)67-61-55-49-41-37-33-29-25-27-30-34-38-44-50-56-62-74(4)5)72-96-100(88,89)94-68-76(83)69-95-101(90,91)97-73-78(71-93-80(85)65-59-53-47-43-42-45-51-57-63-75(6)9-3)99-82(87)66-60-54-48-40-36-32-26-23-21-19-17-15-13-11-8-2/h74-78,83H,7-73H2,1-6H3,(H,88,89)(H,90,91)/t75?,76-,77-,78-/m1/s1. The van der Waals surface area contributed by atoms with Crippen LogP contribution in [0, 0.1) is 11.8 Å². The van der Waals surface area contributed by atoms with Crippen LogP contribution in [0.4, 0.5) is 0 Å². The van der Waals surface area contributed by atoms with Gasteiger partial charge in [-0.25, -0.2) is 9.13 Å². The van der Waals surface area contributed by atoms with Crippen molar-refractivity contribution in [2.24, 2.45) is 11.8 Å². The van der Waals surface area contributed by atoms with Crippen molar-refractivity contribution in [3.63, 3.8) is 0 Å². The second-order valence-corrected chi connectivity index (χ2v) is 33.1. The molecule has 0 saturated carbocycles. The van der Waals surface area contributed by atoms with E-state index in [0.29, 0.717) is 25.7 Å². The van der Waals surface area contributed by atoms with Crippen LogP contribution in [0.5, 0.6) is 0 Å². The van der Waals surface area contributed by atoms with Crippen molar-refractivity contribution in [2.75, 3.05) is 39.6 Å². The molecular weight excluding hydrogens is 1320 g/mol. The molecule has 0 aliphatic rings. The van der Waals surface area contributed by atoms with Gasteiger partial charge in [0.05, 0.1) is 26.4 Å². The number of phosphoric acid groups is 2. The molecule has 0 heterocycles. The van der Waals surface area contributed by atoms with Gasteiger partial charge in [-0.3, -0.25) is 37.3 Å². The highest BCUT2D eigenvalue weighted by atomic mass is 31.2. The minimum Gasteiger partial charge on any atom is -0.462 e. The molecule has 0 rings (SSSR count). The number of phosphoric ester groups is 2. The molecule has 0 aromatic carbocycles. The SMILES string of the molecule is CCCCCCCCCCCCCCCCCCC(=O)OC[C@H](COP(=O)(O)OC[C@@H](O)COP(=O)(O)OC[C@@H](COC(=O)CCCCCCCCCCC(C)CC)OC(=O)CCCCCCCCCCCCCCCCC)OC(=O)CCCCCCCCCCCCCCCCCC(C)C. The average Bonchev–Trinajstić information content (AvgIpc) is 0.975. The fraction of sp³-hybridized carbons (Fsp3) is 0.951. The first-order chi connectivity index (χ1) is 48.9. The molecule has 6 atom stereocenters. The molecule has 0 saturated heterocycles. The first kappa shape index (κ1) is 99.1. The Bertz CT molecular complexity index is 1940. The van der Waals surface area contributed by atoms with Crippen LogP contribution in [-0.2, 0) is 65.4 Å². The summed E-state index contributed by atoms with van der Waals surface area (Å²) in [5.74, 6) is -0.525. The largest absolute Gasteiger partial charge is 0.472 e. The third-order valence-electron chi connectivity index (χ3n) is 19.6.